The molecule has 0 spiro atoms. The van der Waals surface area contributed by atoms with Crippen LogP contribution in [0.15, 0.2) is 180 Å². The SMILES string of the molecule is O=C(OC(=O)c1ccc(C#Cc2ccccc2NS(=O)(=O)c2cccc3ccccc23)cc1F)c1ccc(C#Cc2cc(F)ccc2NS(=O)(=O)c2cccc3ccccc23)cc1. The highest BCUT2D eigenvalue weighted by atomic mass is 32.2. The zero-order valence-corrected chi connectivity index (χ0v) is 34.2. The quantitative estimate of drug-likeness (QED) is 0.0882. The van der Waals surface area contributed by atoms with Crippen molar-refractivity contribution in [3.63, 3.8) is 0 Å². The standard InChI is InChI=1S/C50H30F2N2O7S2/c51-40-28-30-46(54-63(59,60)48-18-8-13-36-10-2-5-15-42(36)48)39(32-40)27-21-33-19-25-38(26-20-33)49(55)61-50(56)43-29-23-34(31-44(43)52)22-24-37-11-3-6-16-45(37)53-62(57,58)47-17-7-12-35-9-1-4-14-41(35)47/h1-20,23,25-26,28-32,53-54H. The minimum atomic E-state index is -4.11. The van der Waals surface area contributed by atoms with E-state index in [9.17, 15) is 30.8 Å². The smallest absolute Gasteiger partial charge is 0.349 e. The molecule has 0 unspecified atom stereocenters. The fourth-order valence-electron chi connectivity index (χ4n) is 6.57. The van der Waals surface area contributed by atoms with Crippen molar-refractivity contribution in [3.05, 3.63) is 215 Å². The first kappa shape index (κ1) is 41.6. The van der Waals surface area contributed by atoms with E-state index in [1.807, 2.05) is 18.2 Å². The molecule has 63 heavy (non-hydrogen) atoms. The number of ether oxygens (including phenoxy) is 1. The van der Waals surface area contributed by atoms with E-state index in [-0.39, 0.29) is 37.9 Å². The second-order valence-corrected chi connectivity index (χ2v) is 17.2. The number of hydrogen-bond acceptors (Lipinski definition) is 7. The Kier molecular flexibility index (Phi) is 11.5. The fourth-order valence-corrected chi connectivity index (χ4v) is 9.20. The summed E-state index contributed by atoms with van der Waals surface area (Å²) < 4.78 is 93.4. The summed E-state index contributed by atoms with van der Waals surface area (Å²) in [6.45, 7) is 0. The summed E-state index contributed by atoms with van der Waals surface area (Å²) in [5.41, 5.74) is 0.554. The molecular weight excluding hydrogens is 843 g/mol. The third kappa shape index (κ3) is 9.31. The van der Waals surface area contributed by atoms with Crippen molar-refractivity contribution in [3.8, 4) is 23.7 Å². The molecule has 0 heterocycles. The minimum Gasteiger partial charge on any atom is -0.386 e. The Morgan fingerprint density at radius 2 is 1.00 bits per heavy atom. The lowest BCUT2D eigenvalue weighted by Gasteiger charge is -2.12. The highest BCUT2D eigenvalue weighted by molar-refractivity contribution is 7.93. The molecule has 2 N–H and O–H groups in total. The molecule has 9 nitrogen and oxygen atoms in total. The maximum atomic E-state index is 15.2. The monoisotopic (exact) mass is 872 g/mol. The van der Waals surface area contributed by atoms with Gasteiger partial charge >= 0.3 is 11.9 Å². The van der Waals surface area contributed by atoms with E-state index in [1.54, 1.807) is 78.9 Å². The van der Waals surface area contributed by atoms with E-state index in [0.717, 1.165) is 35.0 Å². The Bertz CT molecular complexity index is 3490. The van der Waals surface area contributed by atoms with Gasteiger partial charge in [-0.2, -0.15) is 0 Å². The van der Waals surface area contributed by atoms with Crippen LogP contribution in [0.3, 0.4) is 0 Å². The van der Waals surface area contributed by atoms with Crippen LogP contribution in [0.1, 0.15) is 43.0 Å². The highest BCUT2D eigenvalue weighted by Crippen LogP contribution is 2.28. The van der Waals surface area contributed by atoms with Gasteiger partial charge in [0.1, 0.15) is 11.6 Å². The van der Waals surface area contributed by atoms with E-state index >= 15 is 4.39 Å². The summed E-state index contributed by atoms with van der Waals surface area (Å²) >= 11 is 0. The maximum Gasteiger partial charge on any atom is 0.349 e. The third-order valence-electron chi connectivity index (χ3n) is 9.65. The summed E-state index contributed by atoms with van der Waals surface area (Å²) in [7, 11) is -8.13. The van der Waals surface area contributed by atoms with Crippen molar-refractivity contribution in [2.45, 2.75) is 9.79 Å². The van der Waals surface area contributed by atoms with Crippen LogP contribution >= 0.6 is 0 Å². The number of carbonyl (C=O) groups excluding carboxylic acids is 2. The van der Waals surface area contributed by atoms with Crippen LogP contribution in [0.4, 0.5) is 20.2 Å². The highest BCUT2D eigenvalue weighted by Gasteiger charge is 2.21. The van der Waals surface area contributed by atoms with Crippen LogP contribution in [-0.2, 0) is 24.8 Å². The van der Waals surface area contributed by atoms with Crippen molar-refractivity contribution >= 4 is 64.9 Å². The summed E-state index contributed by atoms with van der Waals surface area (Å²) in [5.74, 6) is 7.24. The largest absolute Gasteiger partial charge is 0.386 e. The summed E-state index contributed by atoms with van der Waals surface area (Å²) in [6.07, 6.45) is 0. The third-order valence-corrected chi connectivity index (χ3v) is 12.5. The van der Waals surface area contributed by atoms with E-state index in [0.29, 0.717) is 21.9 Å². The van der Waals surface area contributed by atoms with Gasteiger partial charge in [0.05, 0.1) is 37.9 Å². The maximum absolute atomic E-state index is 15.2. The van der Waals surface area contributed by atoms with Crippen molar-refractivity contribution < 1.29 is 39.9 Å². The number of hydrogen-bond donors (Lipinski definition) is 2. The molecule has 13 heteroatoms. The van der Waals surface area contributed by atoms with Gasteiger partial charge in [-0.1, -0.05) is 109 Å². The summed E-state index contributed by atoms with van der Waals surface area (Å²) in [6, 6.07) is 42.9. The lowest BCUT2D eigenvalue weighted by molar-refractivity contribution is 0.0394. The van der Waals surface area contributed by atoms with Crippen LogP contribution in [0.25, 0.3) is 21.5 Å². The number of esters is 2. The van der Waals surface area contributed by atoms with Gasteiger partial charge in [0.25, 0.3) is 20.0 Å². The Balaban J connectivity index is 0.928. The summed E-state index contributed by atoms with van der Waals surface area (Å²) in [4.78, 5) is 25.9. The Hall–Kier alpha value is -8.10. The molecule has 0 aliphatic heterocycles. The van der Waals surface area contributed by atoms with Gasteiger partial charge in [0.2, 0.25) is 0 Å². The topological polar surface area (TPSA) is 136 Å². The molecule has 0 saturated heterocycles. The van der Waals surface area contributed by atoms with Crippen LogP contribution in [0.5, 0.6) is 0 Å². The minimum absolute atomic E-state index is 0.0383. The molecule has 0 atom stereocenters. The number of sulfonamides is 2. The zero-order chi connectivity index (χ0) is 44.1. The average molecular weight is 873 g/mol. The molecule has 0 saturated carbocycles. The molecular formula is C50H30F2N2O7S2. The number of carbonyl (C=O) groups is 2. The molecule has 0 fully saturated rings. The molecule has 0 radical (unpaired) electrons. The van der Waals surface area contributed by atoms with Gasteiger partial charge in [-0.05, 0) is 95.7 Å². The molecule has 308 valence electrons. The average Bonchev–Trinajstić information content (AvgIpc) is 3.28. The van der Waals surface area contributed by atoms with E-state index in [2.05, 4.69) is 33.1 Å². The van der Waals surface area contributed by atoms with Crippen LogP contribution in [0, 0.1) is 35.3 Å². The van der Waals surface area contributed by atoms with Gasteiger partial charge in [-0.3, -0.25) is 9.44 Å². The fraction of sp³-hybridized carbons (Fsp3) is 0. The number of para-hydroxylation sites is 1. The first-order chi connectivity index (χ1) is 30.3. The molecule has 8 aromatic rings. The van der Waals surface area contributed by atoms with Gasteiger partial charge in [0.15, 0.2) is 0 Å². The number of rotatable bonds is 8. The molecule has 8 rings (SSSR count). The first-order valence-electron chi connectivity index (χ1n) is 18.9. The van der Waals surface area contributed by atoms with E-state index in [1.165, 1.54) is 48.5 Å². The van der Waals surface area contributed by atoms with Crippen LogP contribution < -0.4 is 9.44 Å². The lowest BCUT2D eigenvalue weighted by atomic mass is 10.1. The van der Waals surface area contributed by atoms with Crippen LogP contribution in [0.2, 0.25) is 0 Å². The molecule has 0 aromatic heterocycles. The Labute approximate surface area is 361 Å². The van der Waals surface area contributed by atoms with Gasteiger partial charge in [0, 0.05) is 27.5 Å². The lowest BCUT2D eigenvalue weighted by Crippen LogP contribution is -2.14. The summed E-state index contributed by atoms with van der Waals surface area (Å²) in [5, 5.41) is 2.54. The number of benzene rings is 8. The van der Waals surface area contributed by atoms with Crippen molar-refractivity contribution in [1.29, 1.82) is 0 Å². The predicted octanol–water partition coefficient (Wildman–Crippen LogP) is 9.67. The van der Waals surface area contributed by atoms with Crippen molar-refractivity contribution in [2.75, 3.05) is 9.44 Å². The van der Waals surface area contributed by atoms with Gasteiger partial charge in [-0.15, -0.1) is 0 Å². The van der Waals surface area contributed by atoms with E-state index in [4.69, 9.17) is 4.74 Å². The Morgan fingerprint density at radius 3 is 1.63 bits per heavy atom. The van der Waals surface area contributed by atoms with Crippen LogP contribution in [-0.4, -0.2) is 28.8 Å². The van der Waals surface area contributed by atoms with Crippen molar-refractivity contribution in [2.24, 2.45) is 0 Å². The predicted molar refractivity (Wildman–Crippen MR) is 237 cm³/mol. The van der Waals surface area contributed by atoms with Crippen molar-refractivity contribution in [1.82, 2.24) is 0 Å². The number of nitrogens with one attached hydrogen (secondary N) is 2. The number of fused-ring (bicyclic) bond motifs is 2. The molecule has 0 amide bonds. The van der Waals surface area contributed by atoms with Gasteiger partial charge in [-0.25, -0.2) is 35.2 Å². The van der Waals surface area contributed by atoms with E-state index < -0.39 is 49.2 Å². The molecule has 8 aromatic carbocycles. The first-order valence-corrected chi connectivity index (χ1v) is 21.9. The number of anilines is 2. The molecule has 0 bridgehead atoms. The second-order valence-electron chi connectivity index (χ2n) is 13.9. The Morgan fingerprint density at radius 1 is 0.476 bits per heavy atom. The molecule has 0 aliphatic carbocycles. The second kappa shape index (κ2) is 17.5. The van der Waals surface area contributed by atoms with Gasteiger partial charge < -0.3 is 4.74 Å². The molecule has 0 aliphatic rings. The normalized spacial score (nSPS) is 11.1. The zero-order valence-electron chi connectivity index (χ0n) is 32.6. The number of halogens is 2.